The molecule has 12 heavy (non-hydrogen) atoms. The van der Waals surface area contributed by atoms with Gasteiger partial charge in [-0.1, -0.05) is 39.0 Å². The van der Waals surface area contributed by atoms with Crippen molar-refractivity contribution in [1.82, 2.24) is 0 Å². The summed E-state index contributed by atoms with van der Waals surface area (Å²) in [6, 6.07) is 0. The fourth-order valence-corrected chi connectivity index (χ4v) is 1.56. The number of unbranched alkanes of at least 4 members (excludes halogenated alkanes) is 5. The van der Waals surface area contributed by atoms with Gasteiger partial charge in [0.1, 0.15) is 30.3 Å². The lowest BCUT2D eigenvalue weighted by Crippen LogP contribution is -2.02. The van der Waals surface area contributed by atoms with Crippen molar-refractivity contribution in [3.8, 4) is 0 Å². The van der Waals surface area contributed by atoms with E-state index in [2.05, 4.69) is 19.4 Å². The molecule has 0 fully saturated rings. The summed E-state index contributed by atoms with van der Waals surface area (Å²) in [5.41, 5.74) is 0. The largest absolute Gasteiger partial charge is 0.175 e. The van der Waals surface area contributed by atoms with Gasteiger partial charge in [-0.05, 0) is 6.42 Å². The molecule has 0 heterocycles. The van der Waals surface area contributed by atoms with E-state index in [1.807, 2.05) is 0 Å². The van der Waals surface area contributed by atoms with Gasteiger partial charge in [-0.15, -0.1) is 0 Å². The molecule has 0 rings (SSSR count). The molecule has 1 nitrogen and oxygen atoms in total. The maximum absolute atomic E-state index is 5.48. The van der Waals surface area contributed by atoms with Crippen LogP contribution in [0.15, 0.2) is 0 Å². The maximum atomic E-state index is 5.48. The number of hydrogen-bond acceptors (Lipinski definition) is 1. The van der Waals surface area contributed by atoms with Crippen LogP contribution in [0.4, 0.5) is 0 Å². The van der Waals surface area contributed by atoms with E-state index in [1.54, 1.807) is 0 Å². The van der Waals surface area contributed by atoms with Crippen LogP contribution >= 0.6 is 0 Å². The quantitative estimate of drug-likeness (QED) is 0.423. The fourth-order valence-electron chi connectivity index (χ4n) is 1.11. The Balaban J connectivity index is 2.82. The molecule has 0 aromatic carbocycles. The van der Waals surface area contributed by atoms with Crippen LogP contribution in [-0.4, -0.2) is 19.1 Å². The van der Waals surface area contributed by atoms with E-state index in [4.69, 9.17) is 4.18 Å². The van der Waals surface area contributed by atoms with Crippen molar-refractivity contribution in [2.45, 2.75) is 45.4 Å². The summed E-state index contributed by atoms with van der Waals surface area (Å²) < 4.78 is 5.48. The Hall–Kier alpha value is 0.310. The van der Waals surface area contributed by atoms with E-state index in [9.17, 15) is 0 Å². The third-order valence-corrected chi connectivity index (χ3v) is 2.45. The van der Waals surface area contributed by atoms with Crippen LogP contribution in [-0.2, 0) is 15.4 Å². The Labute approximate surface area is 80.4 Å². The molecular weight excluding hydrogens is 168 g/mol. The molecule has 2 heteroatoms. The third kappa shape index (κ3) is 10.3. The minimum atomic E-state index is 0.176. The molecule has 0 atom stereocenters. The topological polar surface area (TPSA) is 9.23 Å². The van der Waals surface area contributed by atoms with Crippen LogP contribution in [0, 0.1) is 0 Å². The van der Waals surface area contributed by atoms with E-state index in [-0.39, 0.29) is 11.2 Å². The lowest BCUT2D eigenvalue weighted by molar-refractivity contribution is 0.347. The molecule has 0 radical (unpaired) electrons. The molecule has 0 bridgehead atoms. The van der Waals surface area contributed by atoms with Gasteiger partial charge in [0.15, 0.2) is 0 Å². The van der Waals surface area contributed by atoms with Crippen LogP contribution in [0.25, 0.3) is 0 Å². The number of rotatable bonds is 8. The van der Waals surface area contributed by atoms with Gasteiger partial charge in [-0.2, -0.15) is 4.18 Å². The zero-order valence-electron chi connectivity index (χ0n) is 8.77. The van der Waals surface area contributed by atoms with E-state index in [1.165, 1.54) is 38.5 Å². The summed E-state index contributed by atoms with van der Waals surface area (Å²) in [5, 5.41) is 0. The third-order valence-electron chi connectivity index (χ3n) is 1.82. The fraction of sp³-hybridized carbons (Fsp3) is 1.00. The van der Waals surface area contributed by atoms with Gasteiger partial charge in [0, 0.05) is 0 Å². The lowest BCUT2D eigenvalue weighted by Gasteiger charge is -1.99. The van der Waals surface area contributed by atoms with Gasteiger partial charge in [-0.3, -0.25) is 0 Å². The minimum Gasteiger partial charge on any atom is -0.175 e. The summed E-state index contributed by atoms with van der Waals surface area (Å²) in [6.07, 6.45) is 12.4. The highest BCUT2D eigenvalue weighted by Gasteiger charge is 2.01. The summed E-state index contributed by atoms with van der Waals surface area (Å²) in [7, 11) is 0. The van der Waals surface area contributed by atoms with Gasteiger partial charge in [0.25, 0.3) is 0 Å². The Bertz CT molecular complexity index is 83.9. The molecule has 0 unspecified atom stereocenters. The first-order valence-electron chi connectivity index (χ1n) is 4.98. The maximum Gasteiger partial charge on any atom is 0.140 e. The second kappa shape index (κ2) is 9.40. The monoisotopic (exact) mass is 191 g/mol. The molecule has 0 saturated heterocycles. The Morgan fingerprint density at radius 2 is 1.50 bits per heavy atom. The van der Waals surface area contributed by atoms with Crippen LogP contribution in [0.1, 0.15) is 45.4 Å². The van der Waals surface area contributed by atoms with Gasteiger partial charge < -0.3 is 0 Å². The van der Waals surface area contributed by atoms with Crippen molar-refractivity contribution in [2.24, 2.45) is 0 Å². The Kier molecular flexibility index (Phi) is 9.64. The first-order valence-corrected chi connectivity index (χ1v) is 6.95. The van der Waals surface area contributed by atoms with Crippen LogP contribution in [0.2, 0.25) is 0 Å². The van der Waals surface area contributed by atoms with Gasteiger partial charge in [0.05, 0.1) is 0 Å². The number of hydrogen-bond donors (Lipinski definition) is 0. The van der Waals surface area contributed by atoms with Crippen molar-refractivity contribution >= 4 is 11.2 Å². The lowest BCUT2D eigenvalue weighted by atomic mass is 10.1. The SMILES string of the molecule is CCCCCCCCO[S+](C)C. The zero-order valence-corrected chi connectivity index (χ0v) is 9.58. The average molecular weight is 191 g/mol. The van der Waals surface area contributed by atoms with E-state index >= 15 is 0 Å². The predicted octanol–water partition coefficient (Wildman–Crippen LogP) is 3.16. The van der Waals surface area contributed by atoms with Crippen molar-refractivity contribution in [3.63, 3.8) is 0 Å². The Morgan fingerprint density at radius 1 is 0.917 bits per heavy atom. The molecule has 74 valence electrons. The van der Waals surface area contributed by atoms with Crippen LogP contribution in [0.5, 0.6) is 0 Å². The molecule has 0 aromatic heterocycles. The van der Waals surface area contributed by atoms with Crippen LogP contribution in [0.3, 0.4) is 0 Å². The first-order chi connectivity index (χ1) is 5.77. The summed E-state index contributed by atoms with van der Waals surface area (Å²) >= 11 is 0.176. The predicted molar refractivity (Wildman–Crippen MR) is 58.5 cm³/mol. The first kappa shape index (κ1) is 12.3. The molecule has 0 spiro atoms. The highest BCUT2D eigenvalue weighted by atomic mass is 32.2. The van der Waals surface area contributed by atoms with Crippen molar-refractivity contribution in [3.05, 3.63) is 0 Å². The second-order valence-electron chi connectivity index (χ2n) is 3.33. The molecule has 0 aliphatic heterocycles. The second-order valence-corrected chi connectivity index (χ2v) is 5.05. The molecule has 0 saturated carbocycles. The summed E-state index contributed by atoms with van der Waals surface area (Å²) in [4.78, 5) is 0. The summed E-state index contributed by atoms with van der Waals surface area (Å²) in [5.74, 6) is 0. The van der Waals surface area contributed by atoms with Gasteiger partial charge in [-0.25, -0.2) is 0 Å². The normalized spacial score (nSPS) is 11.0. The Morgan fingerprint density at radius 3 is 2.08 bits per heavy atom. The minimum absolute atomic E-state index is 0.176. The molecule has 0 amide bonds. The molecule has 0 N–H and O–H groups in total. The molecular formula is C10H23OS+. The van der Waals surface area contributed by atoms with E-state index in [0.717, 1.165) is 6.61 Å². The smallest absolute Gasteiger partial charge is 0.140 e. The van der Waals surface area contributed by atoms with Crippen molar-refractivity contribution < 1.29 is 4.18 Å². The van der Waals surface area contributed by atoms with Gasteiger partial charge in [0.2, 0.25) is 0 Å². The van der Waals surface area contributed by atoms with Crippen molar-refractivity contribution in [1.29, 1.82) is 0 Å². The zero-order chi connectivity index (χ0) is 9.23. The average Bonchev–Trinajstić information content (AvgIpc) is 2.02. The van der Waals surface area contributed by atoms with E-state index in [0.29, 0.717) is 0 Å². The standard InChI is InChI=1S/C10H23OS/c1-4-5-6-7-8-9-10-11-12(2)3/h4-10H2,1-3H3/q+1. The molecule has 0 aromatic rings. The molecule has 0 aliphatic carbocycles. The van der Waals surface area contributed by atoms with Crippen molar-refractivity contribution in [2.75, 3.05) is 19.1 Å². The van der Waals surface area contributed by atoms with Crippen LogP contribution < -0.4 is 0 Å². The highest BCUT2D eigenvalue weighted by molar-refractivity contribution is 7.90. The molecule has 0 aliphatic rings. The highest BCUT2D eigenvalue weighted by Crippen LogP contribution is 2.05. The van der Waals surface area contributed by atoms with Gasteiger partial charge >= 0.3 is 0 Å². The summed E-state index contributed by atoms with van der Waals surface area (Å²) in [6.45, 7) is 3.21. The van der Waals surface area contributed by atoms with E-state index < -0.39 is 0 Å².